The molecule has 2 nitrogen and oxygen atoms in total. The Morgan fingerprint density at radius 1 is 1.37 bits per heavy atom. The molecule has 1 aromatic rings. The first-order chi connectivity index (χ1) is 8.73. The van der Waals surface area contributed by atoms with E-state index in [4.69, 9.17) is 4.98 Å². The van der Waals surface area contributed by atoms with E-state index in [0.717, 1.165) is 13.0 Å². The van der Waals surface area contributed by atoms with E-state index in [1.165, 1.54) is 28.4 Å². The number of aryl methyl sites for hydroxylation is 1. The van der Waals surface area contributed by atoms with E-state index in [1.54, 1.807) is 0 Å². The molecular weight excluding hydrogens is 252 g/mol. The number of thiazole rings is 1. The van der Waals surface area contributed by atoms with E-state index in [1.807, 2.05) is 11.3 Å². The number of hydrogen-bond acceptors (Lipinski definition) is 3. The average Bonchev–Trinajstić information content (AvgIpc) is 2.73. The quantitative estimate of drug-likeness (QED) is 0.859. The van der Waals surface area contributed by atoms with Crippen LogP contribution in [0.2, 0.25) is 0 Å². The lowest BCUT2D eigenvalue weighted by Crippen LogP contribution is -2.35. The van der Waals surface area contributed by atoms with E-state index in [2.05, 4.69) is 46.9 Å². The van der Waals surface area contributed by atoms with Crippen LogP contribution in [0.25, 0.3) is 0 Å². The Balaban J connectivity index is 2.12. The summed E-state index contributed by atoms with van der Waals surface area (Å²) in [5, 5.41) is 4.97. The van der Waals surface area contributed by atoms with Crippen LogP contribution in [0, 0.1) is 5.41 Å². The lowest BCUT2D eigenvalue weighted by atomic mass is 10.1. The smallest absolute Gasteiger partial charge is 0.0968 e. The molecule has 19 heavy (non-hydrogen) atoms. The standard InChI is InChI=1S/C16H28N2S/c1-7-8-12-13(10-17-15(2,3)4)19-14(18-12)11-9-16(11,5)6/h11,17H,7-10H2,1-6H3. The molecule has 0 spiro atoms. The third-order valence-electron chi connectivity index (χ3n) is 3.87. The van der Waals surface area contributed by atoms with Gasteiger partial charge in [-0.1, -0.05) is 27.2 Å². The number of rotatable bonds is 5. The van der Waals surface area contributed by atoms with Crippen LogP contribution < -0.4 is 5.32 Å². The summed E-state index contributed by atoms with van der Waals surface area (Å²) in [6.07, 6.45) is 3.60. The number of hydrogen-bond donors (Lipinski definition) is 1. The lowest BCUT2D eigenvalue weighted by molar-refractivity contribution is 0.425. The highest BCUT2D eigenvalue weighted by Gasteiger charge is 2.48. The zero-order valence-electron chi connectivity index (χ0n) is 13.3. The predicted molar refractivity (Wildman–Crippen MR) is 83.8 cm³/mol. The molecule has 1 aromatic heterocycles. The molecule has 3 heteroatoms. The molecule has 0 aromatic carbocycles. The Kier molecular flexibility index (Phi) is 4.08. The summed E-state index contributed by atoms with van der Waals surface area (Å²) in [7, 11) is 0. The van der Waals surface area contributed by atoms with Gasteiger partial charge in [0.15, 0.2) is 0 Å². The zero-order valence-corrected chi connectivity index (χ0v) is 14.1. The van der Waals surface area contributed by atoms with Gasteiger partial charge in [0.2, 0.25) is 0 Å². The highest BCUT2D eigenvalue weighted by molar-refractivity contribution is 7.11. The Morgan fingerprint density at radius 3 is 2.47 bits per heavy atom. The summed E-state index contributed by atoms with van der Waals surface area (Å²) in [4.78, 5) is 6.39. The van der Waals surface area contributed by atoms with Crippen molar-refractivity contribution in [1.29, 1.82) is 0 Å². The fourth-order valence-corrected chi connectivity index (χ4v) is 3.72. The molecule has 1 aliphatic carbocycles. The molecule has 1 fully saturated rings. The molecule has 1 unspecified atom stereocenters. The predicted octanol–water partition coefficient (Wildman–Crippen LogP) is 4.50. The molecule has 1 aliphatic rings. The first kappa shape index (κ1) is 15.0. The number of aromatic nitrogens is 1. The van der Waals surface area contributed by atoms with Crippen molar-refractivity contribution in [3.8, 4) is 0 Å². The molecule has 1 atom stereocenters. The van der Waals surface area contributed by atoms with Crippen molar-refractivity contribution in [3.05, 3.63) is 15.6 Å². The second kappa shape index (κ2) is 5.17. The number of nitrogens with one attached hydrogen (secondary N) is 1. The van der Waals surface area contributed by atoms with Gasteiger partial charge in [0.1, 0.15) is 0 Å². The van der Waals surface area contributed by atoms with Gasteiger partial charge in [0.25, 0.3) is 0 Å². The van der Waals surface area contributed by atoms with Crippen molar-refractivity contribution in [2.45, 2.75) is 78.8 Å². The third kappa shape index (κ3) is 3.79. The molecule has 1 heterocycles. The van der Waals surface area contributed by atoms with Gasteiger partial charge < -0.3 is 5.32 Å². The maximum absolute atomic E-state index is 4.94. The van der Waals surface area contributed by atoms with Gasteiger partial charge >= 0.3 is 0 Å². The fraction of sp³-hybridized carbons (Fsp3) is 0.812. The van der Waals surface area contributed by atoms with Crippen LogP contribution in [0.15, 0.2) is 0 Å². The Labute approximate surface area is 122 Å². The van der Waals surface area contributed by atoms with Crippen LogP contribution in [0.5, 0.6) is 0 Å². The minimum Gasteiger partial charge on any atom is -0.307 e. The first-order valence-corrected chi connectivity index (χ1v) is 8.28. The Morgan fingerprint density at radius 2 is 2.00 bits per heavy atom. The van der Waals surface area contributed by atoms with Crippen molar-refractivity contribution in [2.75, 3.05) is 0 Å². The summed E-state index contributed by atoms with van der Waals surface area (Å²) in [5.41, 5.74) is 1.99. The first-order valence-electron chi connectivity index (χ1n) is 7.46. The topological polar surface area (TPSA) is 24.9 Å². The van der Waals surface area contributed by atoms with Crippen LogP contribution in [0.1, 0.15) is 75.9 Å². The molecule has 0 bridgehead atoms. The summed E-state index contributed by atoms with van der Waals surface area (Å²) >= 11 is 1.94. The van der Waals surface area contributed by atoms with Gasteiger partial charge in [-0.2, -0.15) is 0 Å². The molecule has 0 radical (unpaired) electrons. The SMILES string of the molecule is CCCc1nc(C2CC2(C)C)sc1CNC(C)(C)C. The van der Waals surface area contributed by atoms with Gasteiger partial charge in [-0.05, 0) is 39.0 Å². The van der Waals surface area contributed by atoms with Crippen LogP contribution in [-0.4, -0.2) is 10.5 Å². The summed E-state index contributed by atoms with van der Waals surface area (Å²) < 4.78 is 0. The van der Waals surface area contributed by atoms with E-state index in [0.29, 0.717) is 11.3 Å². The lowest BCUT2D eigenvalue weighted by Gasteiger charge is -2.20. The van der Waals surface area contributed by atoms with Crippen LogP contribution in [0.3, 0.4) is 0 Å². The van der Waals surface area contributed by atoms with Gasteiger partial charge in [0.05, 0.1) is 10.7 Å². The highest BCUT2D eigenvalue weighted by Crippen LogP contribution is 2.59. The van der Waals surface area contributed by atoms with Gasteiger partial charge in [-0.15, -0.1) is 11.3 Å². The molecular formula is C16H28N2S. The van der Waals surface area contributed by atoms with Crippen LogP contribution in [-0.2, 0) is 13.0 Å². The van der Waals surface area contributed by atoms with E-state index in [-0.39, 0.29) is 5.54 Å². The molecule has 0 aliphatic heterocycles. The van der Waals surface area contributed by atoms with Crippen molar-refractivity contribution in [2.24, 2.45) is 5.41 Å². The Hall–Kier alpha value is -0.410. The van der Waals surface area contributed by atoms with Crippen molar-refractivity contribution in [3.63, 3.8) is 0 Å². The monoisotopic (exact) mass is 280 g/mol. The average molecular weight is 280 g/mol. The summed E-state index contributed by atoms with van der Waals surface area (Å²) in [6.45, 7) is 14.6. The van der Waals surface area contributed by atoms with Crippen LogP contribution >= 0.6 is 11.3 Å². The largest absolute Gasteiger partial charge is 0.307 e. The minimum absolute atomic E-state index is 0.173. The molecule has 108 valence electrons. The van der Waals surface area contributed by atoms with Crippen molar-refractivity contribution in [1.82, 2.24) is 10.3 Å². The van der Waals surface area contributed by atoms with Crippen molar-refractivity contribution >= 4 is 11.3 Å². The molecule has 2 rings (SSSR count). The van der Waals surface area contributed by atoms with Gasteiger partial charge in [-0.3, -0.25) is 0 Å². The Bertz CT molecular complexity index is 440. The normalized spacial score (nSPS) is 21.7. The maximum Gasteiger partial charge on any atom is 0.0968 e. The maximum atomic E-state index is 4.94. The van der Waals surface area contributed by atoms with Gasteiger partial charge in [0, 0.05) is 22.9 Å². The van der Waals surface area contributed by atoms with Crippen LogP contribution in [0.4, 0.5) is 0 Å². The highest BCUT2D eigenvalue weighted by atomic mass is 32.1. The second-order valence-corrected chi connectivity index (χ2v) is 8.64. The van der Waals surface area contributed by atoms with E-state index < -0.39 is 0 Å². The fourth-order valence-electron chi connectivity index (χ4n) is 2.36. The van der Waals surface area contributed by atoms with E-state index in [9.17, 15) is 0 Å². The summed E-state index contributed by atoms with van der Waals surface area (Å²) in [6, 6.07) is 0. The van der Waals surface area contributed by atoms with E-state index >= 15 is 0 Å². The van der Waals surface area contributed by atoms with Gasteiger partial charge in [-0.25, -0.2) is 4.98 Å². The second-order valence-electron chi connectivity index (χ2n) is 7.52. The molecule has 0 amide bonds. The zero-order chi connectivity index (χ0) is 14.3. The third-order valence-corrected chi connectivity index (χ3v) is 5.08. The number of nitrogens with zero attached hydrogens (tertiary/aromatic N) is 1. The minimum atomic E-state index is 0.173. The molecule has 0 saturated heterocycles. The van der Waals surface area contributed by atoms with Crippen molar-refractivity contribution < 1.29 is 0 Å². The molecule has 1 N–H and O–H groups in total. The summed E-state index contributed by atoms with van der Waals surface area (Å²) in [5.74, 6) is 0.705. The molecule has 1 saturated carbocycles.